The van der Waals surface area contributed by atoms with Gasteiger partial charge < -0.3 is 5.73 Å². The van der Waals surface area contributed by atoms with Crippen LogP contribution < -0.4 is 5.73 Å². The smallest absolute Gasteiger partial charge is 0.0794 e. The number of nitrogens with two attached hydrogens (primary N) is 1. The number of aryl methyl sites for hydroxylation is 1. The van der Waals surface area contributed by atoms with E-state index in [1.165, 1.54) is 19.3 Å². The molecular formula is C13H23N3. The van der Waals surface area contributed by atoms with E-state index in [2.05, 4.69) is 18.9 Å². The predicted octanol–water partition coefficient (Wildman–Crippen LogP) is 2.49. The fraction of sp³-hybridized carbons (Fsp3) is 0.769. The van der Waals surface area contributed by atoms with E-state index in [0.29, 0.717) is 5.92 Å². The summed E-state index contributed by atoms with van der Waals surface area (Å²) < 4.78 is 1.84. The molecule has 1 aliphatic rings. The highest BCUT2D eigenvalue weighted by molar-refractivity contribution is 5.06. The third-order valence-electron chi connectivity index (χ3n) is 4.22. The summed E-state index contributed by atoms with van der Waals surface area (Å²) in [7, 11) is 1.95. The highest BCUT2D eigenvalue weighted by atomic mass is 15.3. The first-order valence-electron chi connectivity index (χ1n) is 6.33. The Kier molecular flexibility index (Phi) is 3.33. The van der Waals surface area contributed by atoms with Gasteiger partial charge in [0.2, 0.25) is 0 Å². The molecule has 1 aromatic rings. The van der Waals surface area contributed by atoms with Gasteiger partial charge in [-0.15, -0.1) is 0 Å². The van der Waals surface area contributed by atoms with Gasteiger partial charge in [0, 0.05) is 13.2 Å². The van der Waals surface area contributed by atoms with E-state index in [1.807, 2.05) is 24.0 Å². The summed E-state index contributed by atoms with van der Waals surface area (Å²) in [6.07, 6.45) is 5.79. The quantitative estimate of drug-likeness (QED) is 0.834. The van der Waals surface area contributed by atoms with Gasteiger partial charge in [-0.05, 0) is 36.7 Å². The molecule has 0 aliphatic heterocycles. The molecule has 4 atom stereocenters. The van der Waals surface area contributed by atoms with Gasteiger partial charge in [-0.2, -0.15) is 5.10 Å². The molecule has 3 nitrogen and oxygen atoms in total. The van der Waals surface area contributed by atoms with Crippen LogP contribution in [-0.2, 0) is 7.05 Å². The maximum Gasteiger partial charge on any atom is 0.0794 e. The minimum absolute atomic E-state index is 0.121. The Hall–Kier alpha value is -0.830. The largest absolute Gasteiger partial charge is 0.322 e. The van der Waals surface area contributed by atoms with Gasteiger partial charge in [0.15, 0.2) is 0 Å². The summed E-state index contributed by atoms with van der Waals surface area (Å²) in [5.74, 6) is 2.27. The molecule has 0 amide bonds. The first kappa shape index (κ1) is 11.6. The number of nitrogens with zero attached hydrogens (tertiary/aromatic N) is 2. The Morgan fingerprint density at radius 3 is 2.69 bits per heavy atom. The molecule has 2 rings (SSSR count). The summed E-state index contributed by atoms with van der Waals surface area (Å²) in [6, 6.07) is 2.17. The van der Waals surface area contributed by atoms with Crippen LogP contribution in [0.2, 0.25) is 0 Å². The normalized spacial score (nSPS) is 32.6. The van der Waals surface area contributed by atoms with Crippen LogP contribution in [0, 0.1) is 17.8 Å². The fourth-order valence-electron chi connectivity index (χ4n) is 2.77. The van der Waals surface area contributed by atoms with E-state index < -0.39 is 0 Å². The van der Waals surface area contributed by atoms with Crippen molar-refractivity contribution in [3.8, 4) is 0 Å². The van der Waals surface area contributed by atoms with E-state index in [1.54, 1.807) is 0 Å². The van der Waals surface area contributed by atoms with E-state index in [9.17, 15) is 0 Å². The second-order valence-corrected chi connectivity index (χ2v) is 5.47. The zero-order valence-corrected chi connectivity index (χ0v) is 10.6. The van der Waals surface area contributed by atoms with Crippen LogP contribution >= 0.6 is 0 Å². The molecule has 1 aliphatic carbocycles. The van der Waals surface area contributed by atoms with Crippen molar-refractivity contribution >= 4 is 0 Å². The molecule has 0 radical (unpaired) electrons. The van der Waals surface area contributed by atoms with Crippen LogP contribution in [-0.4, -0.2) is 9.78 Å². The molecule has 0 aromatic carbocycles. The van der Waals surface area contributed by atoms with Crippen molar-refractivity contribution in [2.75, 3.05) is 0 Å². The number of aromatic nitrogens is 2. The molecule has 1 heterocycles. The zero-order chi connectivity index (χ0) is 11.7. The van der Waals surface area contributed by atoms with Crippen molar-refractivity contribution in [1.82, 2.24) is 9.78 Å². The van der Waals surface area contributed by atoms with Gasteiger partial charge in [-0.25, -0.2) is 0 Å². The second-order valence-electron chi connectivity index (χ2n) is 5.47. The van der Waals surface area contributed by atoms with Crippen molar-refractivity contribution in [1.29, 1.82) is 0 Å². The molecular weight excluding hydrogens is 198 g/mol. The average Bonchev–Trinajstić information content (AvgIpc) is 2.68. The molecule has 2 N–H and O–H groups in total. The Morgan fingerprint density at radius 2 is 2.12 bits per heavy atom. The van der Waals surface area contributed by atoms with Gasteiger partial charge in [0.25, 0.3) is 0 Å². The molecule has 0 spiro atoms. The number of rotatable bonds is 2. The number of hydrogen-bond acceptors (Lipinski definition) is 2. The fourth-order valence-corrected chi connectivity index (χ4v) is 2.77. The van der Waals surface area contributed by atoms with Crippen molar-refractivity contribution in [2.45, 2.75) is 39.2 Å². The first-order chi connectivity index (χ1) is 7.58. The lowest BCUT2D eigenvalue weighted by Gasteiger charge is -2.34. The maximum absolute atomic E-state index is 6.31. The minimum atomic E-state index is 0.121. The van der Waals surface area contributed by atoms with Crippen molar-refractivity contribution < 1.29 is 0 Å². The van der Waals surface area contributed by atoms with E-state index in [0.717, 1.165) is 17.5 Å². The van der Waals surface area contributed by atoms with Gasteiger partial charge in [0.1, 0.15) is 0 Å². The summed E-state index contributed by atoms with van der Waals surface area (Å²) in [5.41, 5.74) is 7.37. The van der Waals surface area contributed by atoms with E-state index in [-0.39, 0.29) is 6.04 Å². The van der Waals surface area contributed by atoms with Crippen molar-refractivity contribution in [3.63, 3.8) is 0 Å². The minimum Gasteiger partial charge on any atom is -0.322 e. The van der Waals surface area contributed by atoms with Crippen molar-refractivity contribution in [2.24, 2.45) is 30.5 Å². The summed E-state index contributed by atoms with van der Waals surface area (Å²) in [4.78, 5) is 0. The first-order valence-corrected chi connectivity index (χ1v) is 6.33. The molecule has 4 unspecified atom stereocenters. The maximum atomic E-state index is 6.31. The molecule has 0 saturated heterocycles. The summed E-state index contributed by atoms with van der Waals surface area (Å²) in [6.45, 7) is 4.70. The standard InChI is InChI=1S/C13H23N3/c1-9-4-5-11(8-10(9)2)13(14)12-6-7-16(3)15-12/h6-7,9-11,13H,4-5,8,14H2,1-3H3. The average molecular weight is 221 g/mol. The lowest BCUT2D eigenvalue weighted by atomic mass is 9.73. The molecule has 3 heteroatoms. The third kappa shape index (κ3) is 2.29. The molecule has 1 saturated carbocycles. The Balaban J connectivity index is 2.02. The van der Waals surface area contributed by atoms with Gasteiger partial charge in [-0.1, -0.05) is 20.3 Å². The van der Waals surface area contributed by atoms with Crippen LogP contribution in [0.5, 0.6) is 0 Å². The van der Waals surface area contributed by atoms with Crippen LogP contribution in [0.25, 0.3) is 0 Å². The molecule has 0 bridgehead atoms. The highest BCUT2D eigenvalue weighted by Gasteiger charge is 2.29. The molecule has 1 aromatic heterocycles. The van der Waals surface area contributed by atoms with E-state index >= 15 is 0 Å². The van der Waals surface area contributed by atoms with Gasteiger partial charge >= 0.3 is 0 Å². The van der Waals surface area contributed by atoms with E-state index in [4.69, 9.17) is 5.73 Å². The monoisotopic (exact) mass is 221 g/mol. The van der Waals surface area contributed by atoms with Crippen LogP contribution in [0.4, 0.5) is 0 Å². The van der Waals surface area contributed by atoms with Crippen molar-refractivity contribution in [3.05, 3.63) is 18.0 Å². The lowest BCUT2D eigenvalue weighted by molar-refractivity contribution is 0.184. The van der Waals surface area contributed by atoms with Crippen LogP contribution in [0.3, 0.4) is 0 Å². The molecule has 16 heavy (non-hydrogen) atoms. The Morgan fingerprint density at radius 1 is 1.38 bits per heavy atom. The Bertz CT molecular complexity index is 345. The third-order valence-corrected chi connectivity index (χ3v) is 4.22. The SMILES string of the molecule is CC1CCC(C(N)c2ccn(C)n2)CC1C. The van der Waals surface area contributed by atoms with Crippen LogP contribution in [0.1, 0.15) is 44.8 Å². The second kappa shape index (κ2) is 4.58. The number of hydrogen-bond donors (Lipinski definition) is 1. The summed E-state index contributed by atoms with van der Waals surface area (Å²) in [5, 5.41) is 4.42. The molecule has 1 fully saturated rings. The van der Waals surface area contributed by atoms with Crippen LogP contribution in [0.15, 0.2) is 12.3 Å². The lowest BCUT2D eigenvalue weighted by Crippen LogP contribution is -2.29. The highest BCUT2D eigenvalue weighted by Crippen LogP contribution is 2.38. The zero-order valence-electron chi connectivity index (χ0n) is 10.6. The predicted molar refractivity (Wildman–Crippen MR) is 65.8 cm³/mol. The summed E-state index contributed by atoms with van der Waals surface area (Å²) >= 11 is 0. The van der Waals surface area contributed by atoms with Gasteiger partial charge in [0.05, 0.1) is 11.7 Å². The topological polar surface area (TPSA) is 43.8 Å². The Labute approximate surface area is 98.0 Å². The molecule has 90 valence electrons. The van der Waals surface area contributed by atoms with Gasteiger partial charge in [-0.3, -0.25) is 4.68 Å².